The summed E-state index contributed by atoms with van der Waals surface area (Å²) >= 11 is 0. The topological polar surface area (TPSA) is 66.4 Å². The Morgan fingerprint density at radius 2 is 1.85 bits per heavy atom. The molecule has 0 heterocycles. The number of hydrogen-bond donors (Lipinski definition) is 2. The molecule has 0 saturated carbocycles. The van der Waals surface area contributed by atoms with Crippen molar-refractivity contribution in [2.75, 3.05) is 0 Å². The number of carboxylic acids is 1. The van der Waals surface area contributed by atoms with Gasteiger partial charge in [0.05, 0.1) is 0 Å². The molecule has 0 saturated heterocycles. The smallest absolute Gasteiger partial charge is 0.326 e. The van der Waals surface area contributed by atoms with Crippen LogP contribution in [0.1, 0.15) is 44.6 Å². The second-order valence-electron chi connectivity index (χ2n) is 4.96. The number of nitrogens with one attached hydrogen (secondary N) is 1. The maximum atomic E-state index is 11.7. The lowest BCUT2D eigenvalue weighted by atomic mass is 10.1. The molecule has 0 bridgehead atoms. The number of rotatable bonds is 9. The SMILES string of the molecule is CCCCCCC(=O)N[C@H](Cc1ccccc1)C(=O)O. The summed E-state index contributed by atoms with van der Waals surface area (Å²) in [7, 11) is 0. The minimum Gasteiger partial charge on any atom is -0.480 e. The molecule has 1 aromatic carbocycles. The van der Waals surface area contributed by atoms with E-state index in [1.165, 1.54) is 0 Å². The number of aliphatic carboxylic acids is 1. The molecule has 1 rings (SSSR count). The molecule has 0 aliphatic heterocycles. The van der Waals surface area contributed by atoms with E-state index >= 15 is 0 Å². The summed E-state index contributed by atoms with van der Waals surface area (Å²) < 4.78 is 0. The van der Waals surface area contributed by atoms with Crippen molar-refractivity contribution in [2.45, 2.75) is 51.5 Å². The zero-order valence-corrected chi connectivity index (χ0v) is 12.0. The highest BCUT2D eigenvalue weighted by Gasteiger charge is 2.19. The third kappa shape index (κ3) is 6.36. The number of unbranched alkanes of at least 4 members (excludes halogenated alkanes) is 3. The summed E-state index contributed by atoms with van der Waals surface area (Å²) in [5.74, 6) is -1.17. The minimum absolute atomic E-state index is 0.176. The predicted molar refractivity (Wildman–Crippen MR) is 78.5 cm³/mol. The first-order chi connectivity index (χ1) is 9.63. The van der Waals surface area contributed by atoms with Gasteiger partial charge in [-0.2, -0.15) is 0 Å². The fourth-order valence-electron chi connectivity index (χ4n) is 2.03. The van der Waals surface area contributed by atoms with Gasteiger partial charge in [0.1, 0.15) is 6.04 Å². The van der Waals surface area contributed by atoms with Crippen LogP contribution in [0.15, 0.2) is 30.3 Å². The van der Waals surface area contributed by atoms with Gasteiger partial charge in [0.2, 0.25) is 5.91 Å². The number of carboxylic acid groups (broad SMARTS) is 1. The van der Waals surface area contributed by atoms with Gasteiger partial charge in [0.15, 0.2) is 0 Å². The van der Waals surface area contributed by atoms with Crippen molar-refractivity contribution in [3.8, 4) is 0 Å². The van der Waals surface area contributed by atoms with Crippen LogP contribution in [0.5, 0.6) is 0 Å². The van der Waals surface area contributed by atoms with Crippen molar-refractivity contribution in [2.24, 2.45) is 0 Å². The standard InChI is InChI=1S/C16H23NO3/c1-2-3-4-8-11-15(18)17-14(16(19)20)12-13-9-6-5-7-10-13/h5-7,9-10,14H,2-4,8,11-12H2,1H3,(H,17,18)(H,19,20)/t14-/m1/s1. The van der Waals surface area contributed by atoms with Gasteiger partial charge in [-0.15, -0.1) is 0 Å². The van der Waals surface area contributed by atoms with Gasteiger partial charge in [0, 0.05) is 12.8 Å². The third-order valence-corrected chi connectivity index (χ3v) is 3.17. The molecule has 4 heteroatoms. The summed E-state index contributed by atoms with van der Waals surface area (Å²) in [6.45, 7) is 2.11. The van der Waals surface area contributed by atoms with Gasteiger partial charge < -0.3 is 10.4 Å². The highest BCUT2D eigenvalue weighted by Crippen LogP contribution is 2.06. The highest BCUT2D eigenvalue weighted by molar-refractivity contribution is 5.83. The van der Waals surface area contributed by atoms with Gasteiger partial charge in [0.25, 0.3) is 0 Å². The van der Waals surface area contributed by atoms with Gasteiger partial charge in [-0.1, -0.05) is 56.5 Å². The maximum absolute atomic E-state index is 11.7. The van der Waals surface area contributed by atoms with Gasteiger partial charge >= 0.3 is 5.97 Å². The molecule has 0 spiro atoms. The van der Waals surface area contributed by atoms with Crippen LogP contribution in [0.4, 0.5) is 0 Å². The Balaban J connectivity index is 2.43. The molecule has 1 aromatic rings. The first-order valence-electron chi connectivity index (χ1n) is 7.19. The monoisotopic (exact) mass is 277 g/mol. The summed E-state index contributed by atoms with van der Waals surface area (Å²) in [5.41, 5.74) is 0.909. The van der Waals surface area contributed by atoms with E-state index in [4.69, 9.17) is 0 Å². The van der Waals surface area contributed by atoms with Gasteiger partial charge in [-0.25, -0.2) is 4.79 Å². The van der Waals surface area contributed by atoms with E-state index in [-0.39, 0.29) is 5.91 Å². The van der Waals surface area contributed by atoms with Crippen molar-refractivity contribution in [1.82, 2.24) is 5.32 Å². The van der Waals surface area contributed by atoms with Crippen LogP contribution in [0, 0.1) is 0 Å². The number of hydrogen-bond acceptors (Lipinski definition) is 2. The fraction of sp³-hybridized carbons (Fsp3) is 0.500. The van der Waals surface area contributed by atoms with Crippen LogP contribution in [0.25, 0.3) is 0 Å². The van der Waals surface area contributed by atoms with E-state index in [2.05, 4.69) is 12.2 Å². The van der Waals surface area contributed by atoms with E-state index in [0.29, 0.717) is 12.8 Å². The quantitative estimate of drug-likeness (QED) is 0.682. The fourth-order valence-corrected chi connectivity index (χ4v) is 2.03. The second kappa shape index (κ2) is 9.13. The molecular weight excluding hydrogens is 254 g/mol. The summed E-state index contributed by atoms with van der Waals surface area (Å²) in [6.07, 6.45) is 4.78. The van der Waals surface area contributed by atoms with Crippen molar-refractivity contribution >= 4 is 11.9 Å². The Bertz CT molecular complexity index is 417. The van der Waals surface area contributed by atoms with Crippen molar-refractivity contribution < 1.29 is 14.7 Å². The Morgan fingerprint density at radius 1 is 1.15 bits per heavy atom. The lowest BCUT2D eigenvalue weighted by molar-refractivity contribution is -0.141. The Hall–Kier alpha value is -1.84. The first-order valence-corrected chi connectivity index (χ1v) is 7.19. The van der Waals surface area contributed by atoms with Crippen LogP contribution in [-0.4, -0.2) is 23.0 Å². The molecular formula is C16H23NO3. The first kappa shape index (κ1) is 16.2. The van der Waals surface area contributed by atoms with Crippen LogP contribution in [-0.2, 0) is 16.0 Å². The van der Waals surface area contributed by atoms with Crippen molar-refractivity contribution in [3.63, 3.8) is 0 Å². The summed E-state index contributed by atoms with van der Waals surface area (Å²) in [6, 6.07) is 8.48. The van der Waals surface area contributed by atoms with Crippen LogP contribution in [0.2, 0.25) is 0 Å². The van der Waals surface area contributed by atoms with Gasteiger partial charge in [-0.05, 0) is 12.0 Å². The molecule has 110 valence electrons. The molecule has 0 aliphatic carbocycles. The highest BCUT2D eigenvalue weighted by atomic mass is 16.4. The summed E-state index contributed by atoms with van der Waals surface area (Å²) in [5, 5.41) is 11.8. The average Bonchev–Trinajstić information content (AvgIpc) is 2.44. The molecule has 1 amide bonds. The van der Waals surface area contributed by atoms with E-state index < -0.39 is 12.0 Å². The molecule has 0 aliphatic rings. The molecule has 20 heavy (non-hydrogen) atoms. The van der Waals surface area contributed by atoms with Crippen LogP contribution < -0.4 is 5.32 Å². The zero-order chi connectivity index (χ0) is 14.8. The minimum atomic E-state index is -0.990. The number of carbonyl (C=O) groups excluding carboxylic acids is 1. The lowest BCUT2D eigenvalue weighted by Gasteiger charge is -2.14. The molecule has 2 N–H and O–H groups in total. The van der Waals surface area contributed by atoms with Crippen molar-refractivity contribution in [3.05, 3.63) is 35.9 Å². The van der Waals surface area contributed by atoms with E-state index in [9.17, 15) is 14.7 Å². The molecule has 4 nitrogen and oxygen atoms in total. The normalized spacial score (nSPS) is 11.8. The molecule has 0 fully saturated rings. The van der Waals surface area contributed by atoms with E-state index in [1.807, 2.05) is 30.3 Å². The van der Waals surface area contributed by atoms with Gasteiger partial charge in [-0.3, -0.25) is 4.79 Å². The largest absolute Gasteiger partial charge is 0.480 e. The number of carbonyl (C=O) groups is 2. The zero-order valence-electron chi connectivity index (χ0n) is 12.0. The van der Waals surface area contributed by atoms with E-state index in [1.54, 1.807) is 0 Å². The Kier molecular flexibility index (Phi) is 7.40. The Morgan fingerprint density at radius 3 is 2.45 bits per heavy atom. The third-order valence-electron chi connectivity index (χ3n) is 3.17. The van der Waals surface area contributed by atoms with E-state index in [0.717, 1.165) is 31.2 Å². The summed E-state index contributed by atoms with van der Waals surface area (Å²) in [4.78, 5) is 22.9. The molecule has 0 unspecified atom stereocenters. The van der Waals surface area contributed by atoms with Crippen molar-refractivity contribution in [1.29, 1.82) is 0 Å². The maximum Gasteiger partial charge on any atom is 0.326 e. The van der Waals surface area contributed by atoms with Crippen LogP contribution >= 0.6 is 0 Å². The lowest BCUT2D eigenvalue weighted by Crippen LogP contribution is -2.42. The number of amides is 1. The second-order valence-corrected chi connectivity index (χ2v) is 4.96. The molecule has 1 atom stereocenters. The number of benzene rings is 1. The predicted octanol–water partition coefficient (Wildman–Crippen LogP) is 2.77. The average molecular weight is 277 g/mol. The van der Waals surface area contributed by atoms with Crippen LogP contribution in [0.3, 0.4) is 0 Å². The molecule has 0 aromatic heterocycles. The molecule has 0 radical (unpaired) electrons. The Labute approximate surface area is 120 Å².